The zero-order valence-corrected chi connectivity index (χ0v) is 12.3. The molecule has 1 heterocycles. The molecule has 2 nitrogen and oxygen atoms in total. The normalized spacial score (nSPS) is 17.5. The van der Waals surface area contributed by atoms with Crippen LogP contribution in [0.4, 0.5) is 5.69 Å². The zero-order chi connectivity index (χ0) is 12.3. The molecule has 17 heavy (non-hydrogen) atoms. The molecule has 0 radical (unpaired) electrons. The second-order valence-electron chi connectivity index (χ2n) is 4.75. The maximum absolute atomic E-state index is 3.55. The first-order valence-corrected chi connectivity index (χ1v) is 7.24. The number of halogens is 1. The van der Waals surface area contributed by atoms with E-state index in [4.69, 9.17) is 0 Å². The molecule has 94 valence electrons. The van der Waals surface area contributed by atoms with Crippen LogP contribution in [0, 0.1) is 6.92 Å². The van der Waals surface area contributed by atoms with E-state index in [-0.39, 0.29) is 0 Å². The minimum Gasteiger partial charge on any atom is -0.371 e. The summed E-state index contributed by atoms with van der Waals surface area (Å²) in [6.07, 6.45) is 2.51. The lowest BCUT2D eigenvalue weighted by Crippen LogP contribution is -2.42. The Balaban J connectivity index is 1.98. The topological polar surface area (TPSA) is 15.3 Å². The predicted molar refractivity (Wildman–Crippen MR) is 77.8 cm³/mol. The van der Waals surface area contributed by atoms with Crippen molar-refractivity contribution in [3.8, 4) is 0 Å². The van der Waals surface area contributed by atoms with E-state index < -0.39 is 0 Å². The fourth-order valence-electron chi connectivity index (χ4n) is 2.46. The molecule has 1 aliphatic heterocycles. The molecule has 0 unspecified atom stereocenters. The number of anilines is 1. The van der Waals surface area contributed by atoms with Gasteiger partial charge >= 0.3 is 0 Å². The van der Waals surface area contributed by atoms with Gasteiger partial charge < -0.3 is 10.2 Å². The minimum atomic E-state index is 0.716. The van der Waals surface area contributed by atoms with Crippen molar-refractivity contribution in [2.45, 2.75) is 32.7 Å². The van der Waals surface area contributed by atoms with Crippen LogP contribution in [0.2, 0.25) is 0 Å². The summed E-state index contributed by atoms with van der Waals surface area (Å²) in [5.74, 6) is 0. The maximum atomic E-state index is 3.55. The van der Waals surface area contributed by atoms with Crippen LogP contribution in [0.5, 0.6) is 0 Å². The number of hydrogen-bond acceptors (Lipinski definition) is 2. The lowest BCUT2D eigenvalue weighted by atomic mass is 10.0. The van der Waals surface area contributed by atoms with Gasteiger partial charge in [0.1, 0.15) is 0 Å². The smallest absolute Gasteiger partial charge is 0.0369 e. The average Bonchev–Trinajstić information content (AvgIpc) is 2.34. The van der Waals surface area contributed by atoms with Gasteiger partial charge in [-0.1, -0.05) is 22.9 Å². The Bertz CT molecular complexity index is 370. The quantitative estimate of drug-likeness (QED) is 0.920. The van der Waals surface area contributed by atoms with E-state index >= 15 is 0 Å². The van der Waals surface area contributed by atoms with Gasteiger partial charge in [-0.2, -0.15) is 0 Å². The highest BCUT2D eigenvalue weighted by Gasteiger charge is 2.18. The molecule has 1 fully saturated rings. The molecule has 2 rings (SSSR count). The highest BCUT2D eigenvalue weighted by atomic mass is 79.9. The average molecular weight is 297 g/mol. The minimum absolute atomic E-state index is 0.716. The number of piperidine rings is 1. The summed E-state index contributed by atoms with van der Waals surface area (Å²) in [6.45, 7) is 7.75. The monoisotopic (exact) mass is 296 g/mol. The van der Waals surface area contributed by atoms with Crippen molar-refractivity contribution in [1.29, 1.82) is 0 Å². The largest absolute Gasteiger partial charge is 0.371 e. The molecule has 1 N–H and O–H groups in total. The summed E-state index contributed by atoms with van der Waals surface area (Å²) in [6, 6.07) is 7.36. The maximum Gasteiger partial charge on any atom is 0.0369 e. The molecule has 0 saturated carbocycles. The van der Waals surface area contributed by atoms with Crippen LogP contribution < -0.4 is 10.2 Å². The van der Waals surface area contributed by atoms with Crippen molar-refractivity contribution >= 4 is 21.6 Å². The van der Waals surface area contributed by atoms with E-state index in [1.807, 2.05) is 0 Å². The molecular weight excluding hydrogens is 276 g/mol. The van der Waals surface area contributed by atoms with E-state index in [0.29, 0.717) is 6.04 Å². The number of aryl methyl sites for hydroxylation is 1. The van der Waals surface area contributed by atoms with Gasteiger partial charge in [-0.15, -0.1) is 0 Å². The lowest BCUT2D eigenvalue weighted by molar-refractivity contribution is 0.424. The highest BCUT2D eigenvalue weighted by Crippen LogP contribution is 2.25. The van der Waals surface area contributed by atoms with E-state index in [1.54, 1.807) is 0 Å². The lowest BCUT2D eigenvalue weighted by Gasteiger charge is -2.34. The number of rotatable bonds is 3. The standard InChI is InChI=1S/C14H21BrN2/c1-3-16-12-6-8-17(9-7-12)13-4-5-14(15)11(2)10-13/h4-5,10,12,16H,3,6-9H2,1-2H3. The van der Waals surface area contributed by atoms with Crippen LogP contribution in [0.15, 0.2) is 22.7 Å². The molecule has 1 aliphatic rings. The summed E-state index contributed by atoms with van der Waals surface area (Å²) in [4.78, 5) is 2.49. The van der Waals surface area contributed by atoms with Gasteiger partial charge in [0.05, 0.1) is 0 Å². The fourth-order valence-corrected chi connectivity index (χ4v) is 2.70. The van der Waals surface area contributed by atoms with Crippen molar-refractivity contribution in [2.75, 3.05) is 24.5 Å². The summed E-state index contributed by atoms with van der Waals surface area (Å²) in [7, 11) is 0. The molecule has 1 saturated heterocycles. The molecule has 0 amide bonds. The van der Waals surface area contributed by atoms with Crippen LogP contribution >= 0.6 is 15.9 Å². The van der Waals surface area contributed by atoms with Gasteiger partial charge in [0, 0.05) is 29.3 Å². The van der Waals surface area contributed by atoms with E-state index in [0.717, 1.165) is 6.54 Å². The summed E-state index contributed by atoms with van der Waals surface area (Å²) in [5.41, 5.74) is 2.68. The molecule has 0 aliphatic carbocycles. The molecular formula is C14H21BrN2. The SMILES string of the molecule is CCNC1CCN(c2ccc(Br)c(C)c2)CC1. The third-order valence-electron chi connectivity index (χ3n) is 3.49. The zero-order valence-electron chi connectivity index (χ0n) is 10.7. The fraction of sp³-hybridized carbons (Fsp3) is 0.571. The molecule has 0 bridgehead atoms. The second kappa shape index (κ2) is 5.87. The Morgan fingerprint density at radius 3 is 2.65 bits per heavy atom. The number of nitrogens with zero attached hydrogens (tertiary/aromatic N) is 1. The van der Waals surface area contributed by atoms with Gasteiger partial charge in [0.2, 0.25) is 0 Å². The van der Waals surface area contributed by atoms with Crippen molar-refractivity contribution in [3.05, 3.63) is 28.2 Å². The Kier molecular flexibility index (Phi) is 4.46. The van der Waals surface area contributed by atoms with Gasteiger partial charge in [0.15, 0.2) is 0 Å². The van der Waals surface area contributed by atoms with Gasteiger partial charge in [-0.25, -0.2) is 0 Å². The molecule has 0 atom stereocenters. The van der Waals surface area contributed by atoms with E-state index in [1.165, 1.54) is 41.7 Å². The van der Waals surface area contributed by atoms with Crippen LogP contribution in [0.3, 0.4) is 0 Å². The Morgan fingerprint density at radius 1 is 1.35 bits per heavy atom. The third-order valence-corrected chi connectivity index (χ3v) is 4.38. The number of hydrogen-bond donors (Lipinski definition) is 1. The second-order valence-corrected chi connectivity index (χ2v) is 5.61. The molecule has 1 aromatic rings. The van der Waals surface area contributed by atoms with Gasteiger partial charge in [0.25, 0.3) is 0 Å². The Labute approximate surface area is 113 Å². The predicted octanol–water partition coefficient (Wildman–Crippen LogP) is 3.34. The van der Waals surface area contributed by atoms with Crippen molar-refractivity contribution in [3.63, 3.8) is 0 Å². The number of benzene rings is 1. The van der Waals surface area contributed by atoms with E-state index in [2.05, 4.69) is 58.2 Å². The van der Waals surface area contributed by atoms with Gasteiger partial charge in [-0.05, 0) is 50.1 Å². The van der Waals surface area contributed by atoms with E-state index in [9.17, 15) is 0 Å². The Morgan fingerprint density at radius 2 is 2.06 bits per heavy atom. The first kappa shape index (κ1) is 12.9. The van der Waals surface area contributed by atoms with Crippen LogP contribution in [0.1, 0.15) is 25.3 Å². The molecule has 0 aromatic heterocycles. The third kappa shape index (κ3) is 3.23. The van der Waals surface area contributed by atoms with Crippen LogP contribution in [0.25, 0.3) is 0 Å². The van der Waals surface area contributed by atoms with Gasteiger partial charge in [-0.3, -0.25) is 0 Å². The molecule has 0 spiro atoms. The van der Waals surface area contributed by atoms with Crippen molar-refractivity contribution in [1.82, 2.24) is 5.32 Å². The van der Waals surface area contributed by atoms with Crippen LogP contribution in [-0.2, 0) is 0 Å². The molecule has 1 aromatic carbocycles. The summed E-state index contributed by atoms with van der Waals surface area (Å²) in [5, 5.41) is 3.54. The highest BCUT2D eigenvalue weighted by molar-refractivity contribution is 9.10. The first-order chi connectivity index (χ1) is 8.20. The summed E-state index contributed by atoms with van der Waals surface area (Å²) < 4.78 is 1.20. The Hall–Kier alpha value is -0.540. The van der Waals surface area contributed by atoms with Crippen molar-refractivity contribution in [2.24, 2.45) is 0 Å². The first-order valence-electron chi connectivity index (χ1n) is 6.45. The van der Waals surface area contributed by atoms with Crippen molar-refractivity contribution < 1.29 is 0 Å². The molecule has 3 heteroatoms. The summed E-state index contributed by atoms with van der Waals surface area (Å²) >= 11 is 3.55. The van der Waals surface area contributed by atoms with Crippen LogP contribution in [-0.4, -0.2) is 25.7 Å². The number of nitrogens with one attached hydrogen (secondary N) is 1.